The van der Waals surface area contributed by atoms with Crippen molar-refractivity contribution in [1.29, 1.82) is 0 Å². The smallest absolute Gasteiger partial charge is 0.192 e. The van der Waals surface area contributed by atoms with Gasteiger partial charge in [0.2, 0.25) is 0 Å². The lowest BCUT2D eigenvalue weighted by molar-refractivity contribution is 0.318. The summed E-state index contributed by atoms with van der Waals surface area (Å²) in [6.07, 6.45) is 3.13. The van der Waals surface area contributed by atoms with Crippen LogP contribution in [-0.2, 0) is 7.05 Å². The van der Waals surface area contributed by atoms with Crippen molar-refractivity contribution in [2.24, 2.45) is 17.9 Å². The number of nitrogens with zero attached hydrogens (tertiary/aromatic N) is 5. The lowest BCUT2D eigenvalue weighted by atomic mass is 10.1. The number of aromatic nitrogens is 4. The van der Waals surface area contributed by atoms with E-state index in [1.54, 1.807) is 24.0 Å². The molecule has 0 unspecified atom stereocenters. The summed E-state index contributed by atoms with van der Waals surface area (Å²) in [5, 5.41) is 17.1. The van der Waals surface area contributed by atoms with Crippen LogP contribution in [0.2, 0.25) is 0 Å². The summed E-state index contributed by atoms with van der Waals surface area (Å²) in [4.78, 5) is 8.33. The molecule has 0 aromatic carbocycles. The van der Waals surface area contributed by atoms with E-state index in [1.807, 2.05) is 6.92 Å². The molecular formula is C10H12N6OS. The molecule has 2 rings (SSSR count). The van der Waals surface area contributed by atoms with Crippen molar-refractivity contribution in [3.63, 3.8) is 0 Å². The number of nitrogens with two attached hydrogens (primary N) is 1. The lowest BCUT2D eigenvalue weighted by Gasteiger charge is -2.08. The van der Waals surface area contributed by atoms with E-state index in [9.17, 15) is 0 Å². The minimum atomic E-state index is 0.0327. The molecule has 0 aliphatic heterocycles. The van der Waals surface area contributed by atoms with Gasteiger partial charge in [0.15, 0.2) is 11.0 Å². The maximum Gasteiger partial charge on any atom is 0.192 e. The van der Waals surface area contributed by atoms with Gasteiger partial charge in [-0.25, -0.2) is 14.6 Å². The minimum Gasteiger partial charge on any atom is -0.409 e. The lowest BCUT2D eigenvalue weighted by Crippen LogP contribution is -2.16. The highest BCUT2D eigenvalue weighted by molar-refractivity contribution is 7.99. The van der Waals surface area contributed by atoms with E-state index in [1.165, 1.54) is 18.1 Å². The molecule has 3 N–H and O–H groups in total. The van der Waals surface area contributed by atoms with Crippen molar-refractivity contribution < 1.29 is 5.21 Å². The number of aryl methyl sites for hydroxylation is 2. The first-order valence-corrected chi connectivity index (χ1v) is 5.90. The SMILES string of the molecule is Cc1ccnc(Sc2ncnn2C)c1/C(N)=N/O. The van der Waals surface area contributed by atoms with Crippen molar-refractivity contribution in [3.05, 3.63) is 29.7 Å². The van der Waals surface area contributed by atoms with Gasteiger partial charge < -0.3 is 10.9 Å². The number of amidine groups is 1. The number of rotatable bonds is 3. The molecule has 7 nitrogen and oxygen atoms in total. The highest BCUT2D eigenvalue weighted by Gasteiger charge is 2.15. The Bertz CT molecular complexity index is 594. The summed E-state index contributed by atoms with van der Waals surface area (Å²) < 4.78 is 1.63. The highest BCUT2D eigenvalue weighted by Crippen LogP contribution is 2.27. The predicted octanol–water partition coefficient (Wildman–Crippen LogP) is 0.764. The zero-order chi connectivity index (χ0) is 13.1. The van der Waals surface area contributed by atoms with Crippen molar-refractivity contribution in [2.45, 2.75) is 17.1 Å². The van der Waals surface area contributed by atoms with Crippen LogP contribution in [0.1, 0.15) is 11.1 Å². The topological polar surface area (TPSA) is 102 Å². The Morgan fingerprint density at radius 1 is 1.50 bits per heavy atom. The Morgan fingerprint density at radius 3 is 2.89 bits per heavy atom. The standard InChI is InChI=1S/C10H12N6OS/c1-6-3-4-12-9(7(6)8(11)15-17)18-10-13-5-14-16(10)2/h3-5,17H,1-2H3,(H2,11,15). The van der Waals surface area contributed by atoms with Crippen molar-refractivity contribution in [2.75, 3.05) is 0 Å². The maximum atomic E-state index is 8.81. The zero-order valence-electron chi connectivity index (χ0n) is 9.90. The number of hydrogen-bond acceptors (Lipinski definition) is 6. The van der Waals surface area contributed by atoms with Gasteiger partial charge in [-0.2, -0.15) is 5.10 Å². The molecule has 0 amide bonds. The van der Waals surface area contributed by atoms with Gasteiger partial charge in [0, 0.05) is 13.2 Å². The van der Waals surface area contributed by atoms with E-state index in [0.717, 1.165) is 5.56 Å². The van der Waals surface area contributed by atoms with Crippen LogP contribution >= 0.6 is 11.8 Å². The Kier molecular flexibility index (Phi) is 3.47. The van der Waals surface area contributed by atoms with Crippen molar-refractivity contribution in [1.82, 2.24) is 19.7 Å². The van der Waals surface area contributed by atoms with Gasteiger partial charge in [-0.15, -0.1) is 0 Å². The van der Waals surface area contributed by atoms with Gasteiger partial charge in [0.25, 0.3) is 0 Å². The minimum absolute atomic E-state index is 0.0327. The first kappa shape index (κ1) is 12.4. The van der Waals surface area contributed by atoms with Gasteiger partial charge in [-0.05, 0) is 30.3 Å². The molecule has 0 aliphatic rings. The van der Waals surface area contributed by atoms with Crippen LogP contribution in [0.4, 0.5) is 0 Å². The Hall–Kier alpha value is -2.09. The summed E-state index contributed by atoms with van der Waals surface area (Å²) in [6, 6.07) is 1.80. The summed E-state index contributed by atoms with van der Waals surface area (Å²) in [7, 11) is 1.79. The summed E-state index contributed by atoms with van der Waals surface area (Å²) in [5.41, 5.74) is 7.15. The second-order valence-electron chi connectivity index (χ2n) is 3.56. The van der Waals surface area contributed by atoms with Gasteiger partial charge in [-0.3, -0.25) is 0 Å². The fourth-order valence-corrected chi connectivity index (χ4v) is 2.37. The van der Waals surface area contributed by atoms with Crippen molar-refractivity contribution in [3.8, 4) is 0 Å². The van der Waals surface area contributed by atoms with Gasteiger partial charge in [0.05, 0.1) is 5.56 Å². The normalized spacial score (nSPS) is 11.8. The molecule has 0 saturated carbocycles. The molecule has 0 bridgehead atoms. The quantitative estimate of drug-likeness (QED) is 0.367. The number of hydrogen-bond donors (Lipinski definition) is 2. The van der Waals surface area contributed by atoms with E-state index in [2.05, 4.69) is 20.2 Å². The third-order valence-electron chi connectivity index (χ3n) is 2.35. The molecular weight excluding hydrogens is 252 g/mol. The fourth-order valence-electron chi connectivity index (χ4n) is 1.44. The largest absolute Gasteiger partial charge is 0.409 e. The molecule has 0 saturated heterocycles. The molecule has 0 spiro atoms. The highest BCUT2D eigenvalue weighted by atomic mass is 32.2. The molecule has 2 heterocycles. The number of pyridine rings is 1. The molecule has 18 heavy (non-hydrogen) atoms. The molecule has 8 heteroatoms. The molecule has 0 aliphatic carbocycles. The molecule has 0 fully saturated rings. The Balaban J connectivity index is 2.45. The molecule has 2 aromatic rings. The fraction of sp³-hybridized carbons (Fsp3) is 0.200. The number of oxime groups is 1. The average molecular weight is 264 g/mol. The van der Waals surface area contributed by atoms with E-state index >= 15 is 0 Å². The van der Waals surface area contributed by atoms with Crippen molar-refractivity contribution >= 4 is 17.6 Å². The first-order chi connectivity index (χ1) is 8.63. The van der Waals surface area contributed by atoms with Gasteiger partial charge in [0.1, 0.15) is 11.4 Å². The van der Waals surface area contributed by atoms with E-state index in [4.69, 9.17) is 10.9 Å². The molecule has 2 aromatic heterocycles. The third-order valence-corrected chi connectivity index (χ3v) is 3.40. The summed E-state index contributed by atoms with van der Waals surface area (Å²) in [6.45, 7) is 1.87. The van der Waals surface area contributed by atoms with E-state index in [-0.39, 0.29) is 5.84 Å². The average Bonchev–Trinajstić information content (AvgIpc) is 2.74. The maximum absolute atomic E-state index is 8.81. The third kappa shape index (κ3) is 2.28. The van der Waals surface area contributed by atoms with Crippen LogP contribution in [0.5, 0.6) is 0 Å². The van der Waals surface area contributed by atoms with Crippen LogP contribution in [0.3, 0.4) is 0 Å². The summed E-state index contributed by atoms with van der Waals surface area (Å²) in [5.74, 6) is 0.0327. The van der Waals surface area contributed by atoms with Crippen LogP contribution in [0.15, 0.2) is 33.9 Å². The van der Waals surface area contributed by atoms with E-state index in [0.29, 0.717) is 15.7 Å². The summed E-state index contributed by atoms with van der Waals surface area (Å²) >= 11 is 1.31. The first-order valence-electron chi connectivity index (χ1n) is 5.09. The van der Waals surface area contributed by atoms with E-state index < -0.39 is 0 Å². The van der Waals surface area contributed by atoms with Gasteiger partial charge >= 0.3 is 0 Å². The molecule has 94 valence electrons. The van der Waals surface area contributed by atoms with Gasteiger partial charge in [-0.1, -0.05) is 5.16 Å². The van der Waals surface area contributed by atoms with Crippen LogP contribution in [-0.4, -0.2) is 30.8 Å². The Morgan fingerprint density at radius 2 is 2.28 bits per heavy atom. The second-order valence-corrected chi connectivity index (χ2v) is 4.52. The molecule has 0 radical (unpaired) electrons. The van der Waals surface area contributed by atoms with Crippen LogP contribution in [0.25, 0.3) is 0 Å². The molecule has 0 atom stereocenters. The second kappa shape index (κ2) is 5.05. The van der Waals surface area contributed by atoms with Crippen LogP contribution in [0, 0.1) is 6.92 Å². The zero-order valence-corrected chi connectivity index (χ0v) is 10.7. The monoisotopic (exact) mass is 264 g/mol. The Labute approximate surface area is 108 Å². The van der Waals surface area contributed by atoms with Crippen LogP contribution < -0.4 is 5.73 Å². The predicted molar refractivity (Wildman–Crippen MR) is 66.6 cm³/mol.